The van der Waals surface area contributed by atoms with Crippen LogP contribution in [0.3, 0.4) is 0 Å². The Morgan fingerprint density at radius 2 is 1.65 bits per heavy atom. The maximum atomic E-state index is 6.00. The molecule has 0 aliphatic heterocycles. The molecule has 0 saturated heterocycles. The molecule has 0 N–H and O–H groups in total. The van der Waals surface area contributed by atoms with Crippen LogP contribution >= 0.6 is 15.9 Å². The number of hydrogen-bond donors (Lipinski definition) is 0. The van der Waals surface area contributed by atoms with Gasteiger partial charge in [-0.1, -0.05) is 54.8 Å². The first-order valence-electron chi connectivity index (χ1n) is 6.41. The zero-order chi connectivity index (χ0) is 12.8. The largest absolute Gasteiger partial charge is 0.493 e. The minimum absolute atomic E-state index is 0.671. The highest BCUT2D eigenvalue weighted by Crippen LogP contribution is 2.26. The van der Waals surface area contributed by atoms with Gasteiger partial charge in [-0.3, -0.25) is 0 Å². The van der Waals surface area contributed by atoms with Crippen molar-refractivity contribution in [1.29, 1.82) is 0 Å². The van der Waals surface area contributed by atoms with Crippen LogP contribution in [0, 0.1) is 19.8 Å². The highest BCUT2D eigenvalue weighted by Gasteiger charge is 2.09. The van der Waals surface area contributed by atoms with Gasteiger partial charge in [0, 0.05) is 5.33 Å². The highest BCUT2D eigenvalue weighted by molar-refractivity contribution is 9.08. The molecule has 0 spiro atoms. The molecule has 17 heavy (non-hydrogen) atoms. The standard InChI is InChI=1S/C15H23BrO/c1-5-13(6-2)10-17-15-11(3)7-14(9-16)8-12(15)4/h7-8,13H,5-6,9-10H2,1-4H3. The van der Waals surface area contributed by atoms with Crippen LogP contribution in [0.2, 0.25) is 0 Å². The van der Waals surface area contributed by atoms with E-state index in [1.807, 2.05) is 0 Å². The lowest BCUT2D eigenvalue weighted by Crippen LogP contribution is -2.11. The molecule has 2 heteroatoms. The molecule has 0 atom stereocenters. The molecule has 0 unspecified atom stereocenters. The number of halogens is 1. The lowest BCUT2D eigenvalue weighted by molar-refractivity contribution is 0.238. The number of hydrogen-bond acceptors (Lipinski definition) is 1. The number of benzene rings is 1. The Balaban J connectivity index is 2.77. The third-order valence-corrected chi connectivity index (χ3v) is 3.94. The van der Waals surface area contributed by atoms with Gasteiger partial charge < -0.3 is 4.74 Å². The maximum Gasteiger partial charge on any atom is 0.125 e. The molecule has 0 aliphatic carbocycles. The summed E-state index contributed by atoms with van der Waals surface area (Å²) in [5.41, 5.74) is 3.80. The van der Waals surface area contributed by atoms with E-state index in [1.165, 1.54) is 29.5 Å². The van der Waals surface area contributed by atoms with Crippen molar-refractivity contribution in [3.8, 4) is 5.75 Å². The van der Waals surface area contributed by atoms with Crippen LogP contribution in [0.1, 0.15) is 43.4 Å². The third-order valence-electron chi connectivity index (χ3n) is 3.29. The van der Waals surface area contributed by atoms with Gasteiger partial charge in [0.2, 0.25) is 0 Å². The predicted molar refractivity (Wildman–Crippen MR) is 78.1 cm³/mol. The minimum atomic E-state index is 0.671. The van der Waals surface area contributed by atoms with E-state index in [4.69, 9.17) is 4.74 Å². The van der Waals surface area contributed by atoms with Crippen LogP contribution in [-0.2, 0) is 5.33 Å². The molecule has 1 nitrogen and oxygen atoms in total. The molecule has 0 heterocycles. The van der Waals surface area contributed by atoms with E-state index in [1.54, 1.807) is 0 Å². The Morgan fingerprint density at radius 1 is 1.12 bits per heavy atom. The topological polar surface area (TPSA) is 9.23 Å². The van der Waals surface area contributed by atoms with Crippen LogP contribution in [0.5, 0.6) is 5.75 Å². The van der Waals surface area contributed by atoms with E-state index < -0.39 is 0 Å². The fourth-order valence-electron chi connectivity index (χ4n) is 2.07. The Kier molecular flexibility index (Phi) is 6.04. The summed E-state index contributed by atoms with van der Waals surface area (Å²) in [5, 5.41) is 0.904. The molecule has 0 aliphatic rings. The summed E-state index contributed by atoms with van der Waals surface area (Å²) in [5.74, 6) is 1.74. The van der Waals surface area contributed by atoms with E-state index in [0.717, 1.165) is 17.7 Å². The number of ether oxygens (including phenoxy) is 1. The van der Waals surface area contributed by atoms with Gasteiger partial charge in [-0.05, 0) is 36.5 Å². The lowest BCUT2D eigenvalue weighted by Gasteiger charge is -2.17. The second-order valence-electron chi connectivity index (χ2n) is 4.69. The van der Waals surface area contributed by atoms with Crippen molar-refractivity contribution in [2.45, 2.75) is 45.9 Å². The molecule has 0 radical (unpaired) electrons. The molecule has 0 bridgehead atoms. The summed E-state index contributed by atoms with van der Waals surface area (Å²) in [4.78, 5) is 0. The van der Waals surface area contributed by atoms with Crippen molar-refractivity contribution in [3.63, 3.8) is 0 Å². The summed E-state index contributed by atoms with van der Waals surface area (Å²) in [7, 11) is 0. The van der Waals surface area contributed by atoms with Crippen LogP contribution in [-0.4, -0.2) is 6.61 Å². The lowest BCUT2D eigenvalue weighted by atomic mass is 10.0. The van der Waals surface area contributed by atoms with Crippen LogP contribution in [0.4, 0.5) is 0 Å². The van der Waals surface area contributed by atoms with Crippen molar-refractivity contribution >= 4 is 15.9 Å². The van der Waals surface area contributed by atoms with E-state index in [0.29, 0.717) is 5.92 Å². The van der Waals surface area contributed by atoms with Gasteiger partial charge >= 0.3 is 0 Å². The van der Waals surface area contributed by atoms with Crippen LogP contribution in [0.25, 0.3) is 0 Å². The minimum Gasteiger partial charge on any atom is -0.493 e. The smallest absolute Gasteiger partial charge is 0.125 e. The summed E-state index contributed by atoms with van der Waals surface area (Å²) < 4.78 is 6.00. The van der Waals surface area contributed by atoms with E-state index in [-0.39, 0.29) is 0 Å². The third kappa shape index (κ3) is 4.02. The Hall–Kier alpha value is -0.500. The quantitative estimate of drug-likeness (QED) is 0.671. The highest BCUT2D eigenvalue weighted by atomic mass is 79.9. The summed E-state index contributed by atoms with van der Waals surface area (Å²) >= 11 is 3.49. The van der Waals surface area contributed by atoms with Crippen LogP contribution < -0.4 is 4.74 Å². The maximum absolute atomic E-state index is 6.00. The van der Waals surface area contributed by atoms with Gasteiger partial charge in [0.15, 0.2) is 0 Å². The van der Waals surface area contributed by atoms with Gasteiger partial charge in [-0.2, -0.15) is 0 Å². The molecule has 1 aromatic rings. The molecule has 1 aromatic carbocycles. The summed E-state index contributed by atoms with van der Waals surface area (Å²) in [6.07, 6.45) is 2.38. The zero-order valence-electron chi connectivity index (χ0n) is 11.3. The molecule has 0 fully saturated rings. The molecular weight excluding hydrogens is 276 g/mol. The number of aryl methyl sites for hydroxylation is 2. The first kappa shape index (κ1) is 14.6. The number of rotatable bonds is 6. The molecule has 0 saturated carbocycles. The van der Waals surface area contributed by atoms with E-state index in [2.05, 4.69) is 55.8 Å². The van der Waals surface area contributed by atoms with Gasteiger partial charge in [0.05, 0.1) is 6.61 Å². The van der Waals surface area contributed by atoms with Crippen molar-refractivity contribution in [1.82, 2.24) is 0 Å². The van der Waals surface area contributed by atoms with Crippen molar-refractivity contribution < 1.29 is 4.74 Å². The van der Waals surface area contributed by atoms with Gasteiger partial charge in [0.25, 0.3) is 0 Å². The zero-order valence-corrected chi connectivity index (χ0v) is 12.9. The average molecular weight is 299 g/mol. The second-order valence-corrected chi connectivity index (χ2v) is 5.25. The van der Waals surface area contributed by atoms with Gasteiger partial charge in [-0.25, -0.2) is 0 Å². The van der Waals surface area contributed by atoms with E-state index >= 15 is 0 Å². The first-order valence-corrected chi connectivity index (χ1v) is 7.53. The van der Waals surface area contributed by atoms with E-state index in [9.17, 15) is 0 Å². The van der Waals surface area contributed by atoms with Crippen LogP contribution in [0.15, 0.2) is 12.1 Å². The summed E-state index contributed by atoms with van der Waals surface area (Å²) in [6, 6.07) is 4.40. The van der Waals surface area contributed by atoms with Crippen molar-refractivity contribution in [3.05, 3.63) is 28.8 Å². The molecule has 0 amide bonds. The molecular formula is C15H23BrO. The first-order chi connectivity index (χ1) is 8.12. The fraction of sp³-hybridized carbons (Fsp3) is 0.600. The average Bonchev–Trinajstić information content (AvgIpc) is 2.32. The summed E-state index contributed by atoms with van der Waals surface area (Å²) in [6.45, 7) is 9.54. The molecule has 1 rings (SSSR count). The predicted octanol–water partition coefficient (Wildman–Crippen LogP) is 5.01. The van der Waals surface area contributed by atoms with Crippen molar-refractivity contribution in [2.24, 2.45) is 5.92 Å². The van der Waals surface area contributed by atoms with Gasteiger partial charge in [-0.15, -0.1) is 0 Å². The SMILES string of the molecule is CCC(CC)COc1c(C)cc(CBr)cc1C. The Morgan fingerprint density at radius 3 is 2.06 bits per heavy atom. The Bertz CT molecular complexity index is 333. The normalized spacial score (nSPS) is 10.9. The number of alkyl halides is 1. The van der Waals surface area contributed by atoms with Gasteiger partial charge in [0.1, 0.15) is 5.75 Å². The van der Waals surface area contributed by atoms with Crippen molar-refractivity contribution in [2.75, 3.05) is 6.61 Å². The Labute approximate surface area is 114 Å². The molecule has 96 valence electrons. The molecule has 0 aromatic heterocycles. The second kappa shape index (κ2) is 7.05. The fourth-order valence-corrected chi connectivity index (χ4v) is 2.39. The monoisotopic (exact) mass is 298 g/mol.